The molecule has 0 bridgehead atoms. The number of unbranched alkanes of at least 4 members (excludes halogenated alkanes) is 13. The van der Waals surface area contributed by atoms with Crippen LogP contribution in [-0.4, -0.2) is 37.2 Å². The maximum atomic E-state index is 12.9. The Morgan fingerprint density at radius 2 is 0.534 bits per heavy atom. The van der Waals surface area contributed by atoms with Crippen LogP contribution in [0.2, 0.25) is 0 Å². The predicted molar refractivity (Wildman–Crippen MR) is 315 cm³/mol. The highest BCUT2D eigenvalue weighted by Gasteiger charge is 2.19. The molecule has 0 saturated carbocycles. The number of rotatable bonds is 50. The smallest absolute Gasteiger partial charge is 0.306 e. The predicted octanol–water partition coefficient (Wildman–Crippen LogP) is 19.8. The first-order chi connectivity index (χ1) is 36.0. The van der Waals surface area contributed by atoms with Crippen molar-refractivity contribution in [2.75, 3.05) is 13.2 Å². The zero-order valence-corrected chi connectivity index (χ0v) is 46.6. The van der Waals surface area contributed by atoms with Gasteiger partial charge < -0.3 is 14.2 Å². The lowest BCUT2D eigenvalue weighted by Gasteiger charge is -2.18. The van der Waals surface area contributed by atoms with Crippen molar-refractivity contribution in [2.24, 2.45) is 0 Å². The summed E-state index contributed by atoms with van der Waals surface area (Å²) in [6, 6.07) is 0. The third-order valence-corrected chi connectivity index (χ3v) is 11.5. The second kappa shape index (κ2) is 59.6. The molecule has 0 spiro atoms. The van der Waals surface area contributed by atoms with Crippen LogP contribution in [0.5, 0.6) is 0 Å². The number of allylic oxidation sites excluding steroid dienone is 26. The van der Waals surface area contributed by atoms with Crippen molar-refractivity contribution in [3.63, 3.8) is 0 Å². The third kappa shape index (κ3) is 57.8. The highest BCUT2D eigenvalue weighted by Crippen LogP contribution is 2.12. The number of esters is 3. The highest BCUT2D eigenvalue weighted by molar-refractivity contribution is 5.71. The van der Waals surface area contributed by atoms with Crippen molar-refractivity contribution < 1.29 is 28.6 Å². The lowest BCUT2D eigenvalue weighted by Crippen LogP contribution is -2.30. The molecule has 0 fully saturated rings. The van der Waals surface area contributed by atoms with Gasteiger partial charge in [0.05, 0.1) is 0 Å². The van der Waals surface area contributed by atoms with Crippen LogP contribution in [-0.2, 0) is 28.6 Å². The van der Waals surface area contributed by atoms with Gasteiger partial charge in [0.25, 0.3) is 0 Å². The molecule has 0 N–H and O–H groups in total. The van der Waals surface area contributed by atoms with Gasteiger partial charge in [0.1, 0.15) is 13.2 Å². The van der Waals surface area contributed by atoms with Gasteiger partial charge >= 0.3 is 17.9 Å². The summed E-state index contributed by atoms with van der Waals surface area (Å²) < 4.78 is 16.8. The summed E-state index contributed by atoms with van der Waals surface area (Å²) >= 11 is 0. The Balaban J connectivity index is 4.50. The molecule has 408 valence electrons. The van der Waals surface area contributed by atoms with Crippen molar-refractivity contribution in [1.29, 1.82) is 0 Å². The van der Waals surface area contributed by atoms with Gasteiger partial charge in [-0.25, -0.2) is 0 Å². The van der Waals surface area contributed by atoms with E-state index < -0.39 is 6.10 Å². The third-order valence-electron chi connectivity index (χ3n) is 11.5. The molecule has 0 aliphatic rings. The fraction of sp³-hybridized carbons (Fsp3) is 0.567. The summed E-state index contributed by atoms with van der Waals surface area (Å²) in [6.07, 6.45) is 86.6. The quantitative estimate of drug-likeness (QED) is 0.0261. The van der Waals surface area contributed by atoms with Crippen LogP contribution in [0, 0.1) is 0 Å². The van der Waals surface area contributed by atoms with Crippen LogP contribution >= 0.6 is 0 Å². The summed E-state index contributed by atoms with van der Waals surface area (Å²) in [4.78, 5) is 38.2. The molecule has 0 aromatic heterocycles. The maximum absolute atomic E-state index is 12.9. The minimum Gasteiger partial charge on any atom is -0.462 e. The van der Waals surface area contributed by atoms with Crippen LogP contribution in [0.25, 0.3) is 0 Å². The van der Waals surface area contributed by atoms with Gasteiger partial charge in [-0.3, -0.25) is 14.4 Å². The van der Waals surface area contributed by atoms with Gasteiger partial charge in [-0.2, -0.15) is 0 Å². The van der Waals surface area contributed by atoms with E-state index in [0.717, 1.165) is 180 Å². The molecule has 0 heterocycles. The molecule has 0 aliphatic carbocycles. The van der Waals surface area contributed by atoms with E-state index in [1.165, 1.54) is 6.42 Å². The van der Waals surface area contributed by atoms with Gasteiger partial charge in [0.15, 0.2) is 6.10 Å². The van der Waals surface area contributed by atoms with E-state index in [9.17, 15) is 14.4 Å². The summed E-state index contributed by atoms with van der Waals surface area (Å²) in [5.41, 5.74) is 0. The molecule has 0 amide bonds. The number of carbonyl (C=O) groups excluding carboxylic acids is 3. The van der Waals surface area contributed by atoms with Gasteiger partial charge in [-0.15, -0.1) is 0 Å². The Bertz CT molecular complexity index is 1670. The molecule has 0 aromatic rings. The van der Waals surface area contributed by atoms with Crippen LogP contribution in [0.1, 0.15) is 226 Å². The molecule has 0 saturated heterocycles. The molecule has 6 nitrogen and oxygen atoms in total. The fourth-order valence-electron chi connectivity index (χ4n) is 7.21. The molecule has 73 heavy (non-hydrogen) atoms. The molecule has 1 unspecified atom stereocenters. The largest absolute Gasteiger partial charge is 0.462 e. The molecule has 0 radical (unpaired) electrons. The fourth-order valence-corrected chi connectivity index (χ4v) is 7.21. The van der Waals surface area contributed by atoms with Gasteiger partial charge in [-0.05, 0) is 141 Å². The standard InChI is InChI=1S/C67H104O6/c1-4-7-10-13-16-19-22-25-27-29-30-31-32-33-34-35-36-38-39-42-45-48-51-54-57-60-66(69)72-63-64(62-71-65(68)59-56-53-50-47-44-41-24-21-18-15-12-9-6-3)73-67(70)61-58-55-52-49-46-43-40-37-28-26-23-20-17-14-11-8-5-2/h7-8,10-12,15-17,19-21,24-28,30-31,33-34,36,38,40,42-43,45,64H,4-6,9,13-14,18,22-23,29,32,35,37,39,41,44,46-63H2,1-3H3/b10-7-,11-8-,15-12-,19-16-,20-17-,24-21-,27-25-,28-26-,31-30-,34-33-,38-36-,43-40-,45-42-. The Kier molecular flexibility index (Phi) is 55.5. The van der Waals surface area contributed by atoms with E-state index in [1.807, 2.05) is 0 Å². The Labute approximate surface area is 448 Å². The lowest BCUT2D eigenvalue weighted by atomic mass is 10.1. The second-order valence-corrected chi connectivity index (χ2v) is 18.4. The summed E-state index contributed by atoms with van der Waals surface area (Å²) in [7, 11) is 0. The topological polar surface area (TPSA) is 78.9 Å². The van der Waals surface area contributed by atoms with E-state index in [1.54, 1.807) is 0 Å². The number of hydrogen-bond acceptors (Lipinski definition) is 6. The highest BCUT2D eigenvalue weighted by atomic mass is 16.6. The van der Waals surface area contributed by atoms with Crippen molar-refractivity contribution in [2.45, 2.75) is 232 Å². The summed E-state index contributed by atoms with van der Waals surface area (Å²) in [5, 5.41) is 0. The van der Waals surface area contributed by atoms with E-state index in [4.69, 9.17) is 14.2 Å². The van der Waals surface area contributed by atoms with E-state index in [2.05, 4.69) is 179 Å². The summed E-state index contributed by atoms with van der Waals surface area (Å²) in [5.74, 6) is -0.994. The van der Waals surface area contributed by atoms with Gasteiger partial charge in [-0.1, -0.05) is 224 Å². The zero-order valence-electron chi connectivity index (χ0n) is 46.6. The van der Waals surface area contributed by atoms with Crippen molar-refractivity contribution in [1.82, 2.24) is 0 Å². The van der Waals surface area contributed by atoms with E-state index in [-0.39, 0.29) is 37.5 Å². The average Bonchev–Trinajstić information content (AvgIpc) is 3.39. The monoisotopic (exact) mass is 1000 g/mol. The zero-order chi connectivity index (χ0) is 52.9. The first-order valence-corrected chi connectivity index (χ1v) is 29.0. The van der Waals surface area contributed by atoms with Gasteiger partial charge in [0, 0.05) is 19.3 Å². The first-order valence-electron chi connectivity index (χ1n) is 29.0. The minimum absolute atomic E-state index is 0.113. The molecule has 6 heteroatoms. The van der Waals surface area contributed by atoms with Crippen molar-refractivity contribution in [3.8, 4) is 0 Å². The Morgan fingerprint density at radius 1 is 0.288 bits per heavy atom. The Hall–Kier alpha value is -4.97. The van der Waals surface area contributed by atoms with Gasteiger partial charge in [0.2, 0.25) is 0 Å². The molecular weight excluding hydrogens is 901 g/mol. The lowest BCUT2D eigenvalue weighted by molar-refractivity contribution is -0.167. The molecule has 0 aromatic carbocycles. The average molecular weight is 1010 g/mol. The molecule has 0 aliphatic heterocycles. The SMILES string of the molecule is CC/C=C\C/C=C\C/C=C\C/C=C\C/C=C\C/C=C\C/C=C\CCCCCC(=O)OCC(COC(=O)CCCCCCC/C=C\C/C=C\CCC)OC(=O)CCCCCC/C=C\C/C=C\C/C=C\C/C=C\CC. The van der Waals surface area contributed by atoms with E-state index in [0.29, 0.717) is 12.8 Å². The normalized spacial score (nSPS) is 13.3. The molecule has 0 rings (SSSR count). The Morgan fingerprint density at radius 3 is 0.849 bits per heavy atom. The minimum atomic E-state index is -0.819. The summed E-state index contributed by atoms with van der Waals surface area (Å²) in [6.45, 7) is 6.27. The number of carbonyl (C=O) groups is 3. The number of hydrogen-bond donors (Lipinski definition) is 0. The maximum Gasteiger partial charge on any atom is 0.306 e. The number of ether oxygens (including phenoxy) is 3. The first kappa shape index (κ1) is 68.0. The molecule has 1 atom stereocenters. The van der Waals surface area contributed by atoms with Crippen molar-refractivity contribution >= 4 is 17.9 Å². The van der Waals surface area contributed by atoms with Crippen LogP contribution < -0.4 is 0 Å². The molecular formula is C67H104O6. The second-order valence-electron chi connectivity index (χ2n) is 18.4. The van der Waals surface area contributed by atoms with Crippen LogP contribution in [0.3, 0.4) is 0 Å². The van der Waals surface area contributed by atoms with Crippen LogP contribution in [0.4, 0.5) is 0 Å². The van der Waals surface area contributed by atoms with E-state index >= 15 is 0 Å². The van der Waals surface area contributed by atoms with Crippen LogP contribution in [0.15, 0.2) is 158 Å². The van der Waals surface area contributed by atoms with Crippen molar-refractivity contribution in [3.05, 3.63) is 158 Å².